The van der Waals surface area contributed by atoms with Crippen molar-refractivity contribution in [2.24, 2.45) is 7.05 Å². The molecule has 1 atom stereocenters. The Labute approximate surface area is 110 Å². The second-order valence-electron chi connectivity index (χ2n) is 3.95. The molecule has 2 heterocycles. The van der Waals surface area contributed by atoms with Gasteiger partial charge in [0.15, 0.2) is 9.84 Å². The first-order chi connectivity index (χ1) is 8.41. The number of aryl methyl sites for hydroxylation is 1. The smallest absolute Gasteiger partial charge is 0.188 e. The lowest BCUT2D eigenvalue weighted by Crippen LogP contribution is -2.10. The summed E-state index contributed by atoms with van der Waals surface area (Å²) in [6.07, 6.45) is 4.30. The van der Waals surface area contributed by atoms with Gasteiger partial charge in [-0.1, -0.05) is 17.7 Å². The Morgan fingerprint density at radius 2 is 2.06 bits per heavy atom. The van der Waals surface area contributed by atoms with Gasteiger partial charge in [0.25, 0.3) is 0 Å². The topological polar surface area (TPSA) is 64.8 Å². The van der Waals surface area contributed by atoms with E-state index in [1.165, 1.54) is 23.3 Å². The summed E-state index contributed by atoms with van der Waals surface area (Å²) in [6, 6.07) is 3.24. The highest BCUT2D eigenvalue weighted by molar-refractivity contribution is 7.91. The zero-order chi connectivity index (χ0) is 13.3. The molecule has 7 heteroatoms. The van der Waals surface area contributed by atoms with E-state index in [4.69, 9.17) is 11.6 Å². The largest absolute Gasteiger partial charge is 0.274 e. The Morgan fingerprint density at radius 1 is 1.33 bits per heavy atom. The second kappa shape index (κ2) is 4.70. The summed E-state index contributed by atoms with van der Waals surface area (Å²) in [5.41, 5.74) is 0.600. The molecule has 0 saturated carbocycles. The van der Waals surface area contributed by atoms with Gasteiger partial charge in [0.05, 0.1) is 11.4 Å². The van der Waals surface area contributed by atoms with Crippen LogP contribution in [0.1, 0.15) is 17.7 Å². The van der Waals surface area contributed by atoms with Crippen LogP contribution in [0, 0.1) is 0 Å². The molecule has 0 aliphatic rings. The third-order valence-corrected chi connectivity index (χ3v) is 4.99. The van der Waals surface area contributed by atoms with Gasteiger partial charge in [0, 0.05) is 19.4 Å². The molecule has 2 rings (SSSR count). The van der Waals surface area contributed by atoms with Crippen LogP contribution in [0.2, 0.25) is 5.15 Å². The number of nitrogens with zero attached hydrogens (tertiary/aromatic N) is 3. The van der Waals surface area contributed by atoms with Crippen LogP contribution < -0.4 is 0 Å². The van der Waals surface area contributed by atoms with Crippen molar-refractivity contribution in [2.45, 2.75) is 17.1 Å². The van der Waals surface area contributed by atoms with E-state index < -0.39 is 15.1 Å². The summed E-state index contributed by atoms with van der Waals surface area (Å²) < 4.78 is 26.1. The fraction of sp³-hybridized carbons (Fsp3) is 0.273. The SMILES string of the molecule is CC(c1ccc(Cl)nc1)S(=O)(=O)c1cnn(C)c1. The maximum Gasteiger partial charge on any atom is 0.188 e. The van der Waals surface area contributed by atoms with E-state index in [1.54, 1.807) is 26.1 Å². The number of halogens is 1. The minimum Gasteiger partial charge on any atom is -0.274 e. The molecule has 0 saturated heterocycles. The van der Waals surface area contributed by atoms with E-state index in [0.717, 1.165) is 0 Å². The van der Waals surface area contributed by atoms with Gasteiger partial charge in [-0.15, -0.1) is 0 Å². The van der Waals surface area contributed by atoms with Crippen LogP contribution in [0.4, 0.5) is 0 Å². The van der Waals surface area contributed by atoms with Crippen LogP contribution in [0.25, 0.3) is 0 Å². The van der Waals surface area contributed by atoms with Gasteiger partial charge in [0.2, 0.25) is 0 Å². The molecule has 0 spiro atoms. The summed E-state index contributed by atoms with van der Waals surface area (Å²) >= 11 is 5.68. The van der Waals surface area contributed by atoms with Crippen molar-refractivity contribution < 1.29 is 8.42 Å². The van der Waals surface area contributed by atoms with Crippen LogP contribution in [-0.4, -0.2) is 23.2 Å². The molecule has 0 bridgehead atoms. The Balaban J connectivity index is 2.39. The Morgan fingerprint density at radius 3 is 2.56 bits per heavy atom. The number of hydrogen-bond acceptors (Lipinski definition) is 4. The Kier molecular flexibility index (Phi) is 3.41. The first kappa shape index (κ1) is 13.0. The molecule has 5 nitrogen and oxygen atoms in total. The van der Waals surface area contributed by atoms with E-state index in [1.807, 2.05) is 0 Å². The summed E-state index contributed by atoms with van der Waals surface area (Å²) in [7, 11) is -1.78. The Bertz CT molecular complexity index is 649. The zero-order valence-electron chi connectivity index (χ0n) is 9.91. The molecule has 2 aromatic heterocycles. The lowest BCUT2D eigenvalue weighted by Gasteiger charge is -2.11. The van der Waals surface area contributed by atoms with Gasteiger partial charge in [-0.05, 0) is 18.6 Å². The average Bonchev–Trinajstić information content (AvgIpc) is 2.76. The van der Waals surface area contributed by atoms with Crippen LogP contribution in [0.5, 0.6) is 0 Å². The van der Waals surface area contributed by atoms with Crippen LogP contribution in [-0.2, 0) is 16.9 Å². The van der Waals surface area contributed by atoms with Crippen molar-refractivity contribution in [3.8, 4) is 0 Å². The quantitative estimate of drug-likeness (QED) is 0.809. The third-order valence-electron chi connectivity index (χ3n) is 2.69. The molecule has 0 N–H and O–H groups in total. The molecular weight excluding hydrogens is 274 g/mol. The first-order valence-electron chi connectivity index (χ1n) is 5.25. The maximum atomic E-state index is 12.3. The van der Waals surface area contributed by atoms with Gasteiger partial charge in [-0.2, -0.15) is 5.10 Å². The minimum atomic E-state index is -3.45. The van der Waals surface area contributed by atoms with Crippen molar-refractivity contribution in [3.05, 3.63) is 41.4 Å². The molecule has 0 radical (unpaired) electrons. The molecular formula is C11H12ClN3O2S. The molecule has 1 unspecified atom stereocenters. The number of hydrogen-bond donors (Lipinski definition) is 0. The van der Waals surface area contributed by atoms with Crippen molar-refractivity contribution in [1.82, 2.24) is 14.8 Å². The number of sulfone groups is 1. The minimum absolute atomic E-state index is 0.201. The summed E-state index contributed by atoms with van der Waals surface area (Å²) in [6.45, 7) is 1.62. The molecule has 0 aliphatic heterocycles. The lowest BCUT2D eigenvalue weighted by atomic mass is 10.2. The normalized spacial score (nSPS) is 13.5. The van der Waals surface area contributed by atoms with Crippen molar-refractivity contribution in [3.63, 3.8) is 0 Å². The van der Waals surface area contributed by atoms with Gasteiger partial charge >= 0.3 is 0 Å². The maximum absolute atomic E-state index is 12.3. The molecule has 2 aromatic rings. The highest BCUT2D eigenvalue weighted by Crippen LogP contribution is 2.27. The highest BCUT2D eigenvalue weighted by atomic mass is 35.5. The number of aromatic nitrogens is 3. The van der Waals surface area contributed by atoms with Gasteiger partial charge in [-0.25, -0.2) is 13.4 Å². The van der Waals surface area contributed by atoms with Gasteiger partial charge in [0.1, 0.15) is 10.0 Å². The second-order valence-corrected chi connectivity index (χ2v) is 6.61. The molecule has 96 valence electrons. The van der Waals surface area contributed by atoms with Crippen LogP contribution in [0.15, 0.2) is 35.6 Å². The predicted molar refractivity (Wildman–Crippen MR) is 68.1 cm³/mol. The first-order valence-corrected chi connectivity index (χ1v) is 7.17. The molecule has 0 aliphatic carbocycles. The number of rotatable bonds is 3. The van der Waals surface area contributed by atoms with E-state index in [0.29, 0.717) is 10.7 Å². The lowest BCUT2D eigenvalue weighted by molar-refractivity contribution is 0.586. The Hall–Kier alpha value is -1.40. The summed E-state index contributed by atoms with van der Waals surface area (Å²) in [5.74, 6) is 0. The fourth-order valence-electron chi connectivity index (χ4n) is 1.56. The molecule has 0 amide bonds. The van der Waals surface area contributed by atoms with Crippen molar-refractivity contribution in [2.75, 3.05) is 0 Å². The summed E-state index contributed by atoms with van der Waals surface area (Å²) in [4.78, 5) is 4.09. The summed E-state index contributed by atoms with van der Waals surface area (Å²) in [5, 5.41) is 3.52. The highest BCUT2D eigenvalue weighted by Gasteiger charge is 2.26. The van der Waals surface area contributed by atoms with Gasteiger partial charge in [-0.3, -0.25) is 4.68 Å². The average molecular weight is 286 g/mol. The van der Waals surface area contributed by atoms with Crippen molar-refractivity contribution in [1.29, 1.82) is 0 Å². The fourth-order valence-corrected chi connectivity index (χ4v) is 3.07. The number of pyridine rings is 1. The predicted octanol–water partition coefficient (Wildman–Crippen LogP) is 2.00. The van der Waals surface area contributed by atoms with E-state index in [9.17, 15) is 8.42 Å². The molecule has 0 aromatic carbocycles. The van der Waals surface area contributed by atoms with E-state index in [2.05, 4.69) is 10.1 Å². The zero-order valence-corrected chi connectivity index (χ0v) is 11.5. The van der Waals surface area contributed by atoms with Crippen molar-refractivity contribution >= 4 is 21.4 Å². The van der Waals surface area contributed by atoms with Crippen LogP contribution >= 0.6 is 11.6 Å². The monoisotopic (exact) mass is 285 g/mol. The molecule has 0 fully saturated rings. The third kappa shape index (κ3) is 2.39. The van der Waals surface area contributed by atoms with E-state index in [-0.39, 0.29) is 4.90 Å². The van der Waals surface area contributed by atoms with E-state index >= 15 is 0 Å². The molecule has 18 heavy (non-hydrogen) atoms. The van der Waals surface area contributed by atoms with Crippen LogP contribution in [0.3, 0.4) is 0 Å². The van der Waals surface area contributed by atoms with Gasteiger partial charge < -0.3 is 0 Å². The standard InChI is InChI=1S/C11H12ClN3O2S/c1-8(9-3-4-11(12)13-5-9)18(16,17)10-6-14-15(2)7-10/h3-8H,1-2H3.